The number of aliphatic hydroxyl groups excluding tert-OH is 1. The lowest BCUT2D eigenvalue weighted by molar-refractivity contribution is -0.171. The van der Waals surface area contributed by atoms with Crippen LogP contribution in [0.1, 0.15) is 26.3 Å². The third-order valence-corrected chi connectivity index (χ3v) is 2.90. The van der Waals surface area contributed by atoms with Crippen LogP contribution in [-0.2, 0) is 24.6 Å². The topological polar surface area (TPSA) is 108 Å². The van der Waals surface area contributed by atoms with Crippen molar-refractivity contribution in [3.63, 3.8) is 0 Å². The van der Waals surface area contributed by atoms with Crippen molar-refractivity contribution in [2.45, 2.75) is 31.9 Å². The van der Waals surface area contributed by atoms with E-state index < -0.39 is 23.1 Å². The van der Waals surface area contributed by atoms with Crippen molar-refractivity contribution in [2.24, 2.45) is 5.73 Å². The van der Waals surface area contributed by atoms with Gasteiger partial charge < -0.3 is 25.1 Å². The zero-order valence-corrected chi connectivity index (χ0v) is 13.8. The van der Waals surface area contributed by atoms with Crippen molar-refractivity contribution in [3.8, 4) is 5.75 Å². The standard InChI is InChI=1S/C16H23NO6/c1-15(2,3)23-14(20)16(17,13(19)21-4)11-5-7-12(8-6-11)22-10-9-18/h5-8,18H,9-10,17H2,1-4H3/t16-/m1/s1. The Kier molecular flexibility index (Phi) is 6.12. The molecule has 1 rings (SSSR count). The molecule has 0 amide bonds. The fourth-order valence-electron chi connectivity index (χ4n) is 1.82. The number of nitrogens with two attached hydrogens (primary N) is 1. The summed E-state index contributed by atoms with van der Waals surface area (Å²) in [5.41, 5.74) is 3.38. The van der Waals surface area contributed by atoms with Gasteiger partial charge in [-0.3, -0.25) is 0 Å². The molecule has 7 heteroatoms. The summed E-state index contributed by atoms with van der Waals surface area (Å²) in [7, 11) is 1.15. The molecule has 0 heterocycles. The van der Waals surface area contributed by atoms with Gasteiger partial charge in [0.25, 0.3) is 0 Å². The molecule has 0 radical (unpaired) electrons. The van der Waals surface area contributed by atoms with Crippen LogP contribution in [0.5, 0.6) is 5.75 Å². The van der Waals surface area contributed by atoms with Crippen molar-refractivity contribution in [2.75, 3.05) is 20.3 Å². The van der Waals surface area contributed by atoms with Gasteiger partial charge in [0.1, 0.15) is 18.0 Å². The summed E-state index contributed by atoms with van der Waals surface area (Å²) in [5.74, 6) is -1.35. The Morgan fingerprint density at radius 2 is 1.70 bits per heavy atom. The average Bonchev–Trinajstić information content (AvgIpc) is 2.50. The van der Waals surface area contributed by atoms with Gasteiger partial charge in [-0.1, -0.05) is 12.1 Å². The Morgan fingerprint density at radius 1 is 1.13 bits per heavy atom. The summed E-state index contributed by atoms with van der Waals surface area (Å²) >= 11 is 0. The van der Waals surface area contributed by atoms with Crippen molar-refractivity contribution in [1.29, 1.82) is 0 Å². The van der Waals surface area contributed by atoms with Gasteiger partial charge in [-0.15, -0.1) is 0 Å². The van der Waals surface area contributed by atoms with E-state index in [1.54, 1.807) is 32.9 Å². The lowest BCUT2D eigenvalue weighted by Gasteiger charge is -2.29. The number of hydrogen-bond donors (Lipinski definition) is 2. The molecular weight excluding hydrogens is 302 g/mol. The molecule has 0 saturated carbocycles. The van der Waals surface area contributed by atoms with Crippen LogP contribution >= 0.6 is 0 Å². The first kappa shape index (κ1) is 18.9. The van der Waals surface area contributed by atoms with Crippen LogP contribution in [0.25, 0.3) is 0 Å². The highest BCUT2D eigenvalue weighted by Gasteiger charge is 2.48. The van der Waals surface area contributed by atoms with Crippen LogP contribution in [0.15, 0.2) is 24.3 Å². The number of esters is 2. The molecule has 0 unspecified atom stereocenters. The Bertz CT molecular complexity index is 549. The highest BCUT2D eigenvalue weighted by atomic mass is 16.6. The molecule has 128 valence electrons. The summed E-state index contributed by atoms with van der Waals surface area (Å²) in [4.78, 5) is 24.5. The second-order valence-electron chi connectivity index (χ2n) is 5.90. The zero-order valence-electron chi connectivity index (χ0n) is 13.8. The van der Waals surface area contributed by atoms with E-state index in [1.165, 1.54) is 12.1 Å². The van der Waals surface area contributed by atoms with E-state index in [1.807, 2.05) is 0 Å². The number of ether oxygens (including phenoxy) is 3. The average molecular weight is 325 g/mol. The van der Waals surface area contributed by atoms with Gasteiger partial charge in [0, 0.05) is 0 Å². The molecule has 23 heavy (non-hydrogen) atoms. The molecule has 0 aliphatic heterocycles. The number of methoxy groups -OCH3 is 1. The van der Waals surface area contributed by atoms with Crippen LogP contribution in [0.3, 0.4) is 0 Å². The minimum Gasteiger partial charge on any atom is -0.491 e. The van der Waals surface area contributed by atoms with Gasteiger partial charge in [-0.2, -0.15) is 0 Å². The summed E-state index contributed by atoms with van der Waals surface area (Å²) in [6.45, 7) is 5.04. The van der Waals surface area contributed by atoms with E-state index in [-0.39, 0.29) is 18.8 Å². The third-order valence-electron chi connectivity index (χ3n) is 2.90. The van der Waals surface area contributed by atoms with Crippen molar-refractivity contribution in [3.05, 3.63) is 29.8 Å². The van der Waals surface area contributed by atoms with E-state index in [4.69, 9.17) is 20.3 Å². The van der Waals surface area contributed by atoms with E-state index >= 15 is 0 Å². The number of carbonyl (C=O) groups is 2. The maximum Gasteiger partial charge on any atom is 0.343 e. The molecule has 0 bridgehead atoms. The predicted molar refractivity (Wildman–Crippen MR) is 82.7 cm³/mol. The first-order valence-electron chi connectivity index (χ1n) is 7.10. The Balaban J connectivity index is 3.15. The summed E-state index contributed by atoms with van der Waals surface area (Å²) < 4.78 is 15.1. The molecule has 1 atom stereocenters. The third kappa shape index (κ3) is 4.67. The normalized spacial score (nSPS) is 13.8. The summed E-state index contributed by atoms with van der Waals surface area (Å²) in [6.07, 6.45) is 0. The molecule has 3 N–H and O–H groups in total. The smallest absolute Gasteiger partial charge is 0.343 e. The second-order valence-corrected chi connectivity index (χ2v) is 5.90. The highest BCUT2D eigenvalue weighted by molar-refractivity contribution is 6.05. The van der Waals surface area contributed by atoms with E-state index in [0.717, 1.165) is 7.11 Å². The van der Waals surface area contributed by atoms with E-state index in [0.29, 0.717) is 5.75 Å². The molecule has 0 aromatic heterocycles. The van der Waals surface area contributed by atoms with Gasteiger partial charge in [0.15, 0.2) is 0 Å². The monoisotopic (exact) mass is 325 g/mol. The molecule has 7 nitrogen and oxygen atoms in total. The maximum atomic E-state index is 12.4. The van der Waals surface area contributed by atoms with Crippen molar-refractivity contribution >= 4 is 11.9 Å². The minimum absolute atomic E-state index is 0.122. The molecule has 1 aromatic rings. The molecule has 0 aliphatic rings. The Hall–Kier alpha value is -2.12. The maximum absolute atomic E-state index is 12.4. The SMILES string of the molecule is COC(=O)[C@@](N)(C(=O)OC(C)(C)C)c1ccc(OCCO)cc1. The number of hydrogen-bond acceptors (Lipinski definition) is 7. The molecule has 0 saturated heterocycles. The first-order chi connectivity index (χ1) is 10.6. The second kappa shape index (κ2) is 7.43. The van der Waals surface area contributed by atoms with Crippen LogP contribution < -0.4 is 10.5 Å². The quantitative estimate of drug-likeness (QED) is 0.586. The molecule has 0 spiro atoms. The number of aliphatic hydroxyl groups is 1. The van der Waals surface area contributed by atoms with Crippen molar-refractivity contribution < 1.29 is 28.9 Å². The lowest BCUT2D eigenvalue weighted by Crippen LogP contribution is -2.54. The molecule has 1 aromatic carbocycles. The lowest BCUT2D eigenvalue weighted by atomic mass is 9.90. The summed E-state index contributed by atoms with van der Waals surface area (Å²) in [5, 5.41) is 8.73. The van der Waals surface area contributed by atoms with Gasteiger partial charge in [0.05, 0.1) is 13.7 Å². The van der Waals surface area contributed by atoms with Gasteiger partial charge in [-0.05, 0) is 38.5 Å². The molecule has 0 fully saturated rings. The van der Waals surface area contributed by atoms with Crippen LogP contribution in [0.4, 0.5) is 0 Å². The fourth-order valence-corrected chi connectivity index (χ4v) is 1.82. The largest absolute Gasteiger partial charge is 0.491 e. The molecule has 0 aliphatic carbocycles. The van der Waals surface area contributed by atoms with Crippen LogP contribution in [0, 0.1) is 0 Å². The number of benzene rings is 1. The van der Waals surface area contributed by atoms with Gasteiger partial charge in [0.2, 0.25) is 5.54 Å². The van der Waals surface area contributed by atoms with Gasteiger partial charge in [-0.25, -0.2) is 9.59 Å². The highest BCUT2D eigenvalue weighted by Crippen LogP contribution is 2.26. The predicted octanol–water partition coefficient (Wildman–Crippen LogP) is 0.726. The Labute approximate surface area is 135 Å². The number of carbonyl (C=O) groups excluding carboxylic acids is 2. The minimum atomic E-state index is -2.07. The van der Waals surface area contributed by atoms with Crippen LogP contribution in [0.2, 0.25) is 0 Å². The molecular formula is C16H23NO6. The Morgan fingerprint density at radius 3 is 2.13 bits per heavy atom. The van der Waals surface area contributed by atoms with Gasteiger partial charge >= 0.3 is 11.9 Å². The fraction of sp³-hybridized carbons (Fsp3) is 0.500. The first-order valence-corrected chi connectivity index (χ1v) is 7.10. The van der Waals surface area contributed by atoms with Crippen molar-refractivity contribution in [1.82, 2.24) is 0 Å². The van der Waals surface area contributed by atoms with E-state index in [9.17, 15) is 9.59 Å². The van der Waals surface area contributed by atoms with Crippen LogP contribution in [-0.4, -0.2) is 43.0 Å². The number of rotatable bonds is 6. The summed E-state index contributed by atoms with van der Waals surface area (Å²) in [6, 6.07) is 6.04. The zero-order chi connectivity index (χ0) is 17.7. The van der Waals surface area contributed by atoms with E-state index in [2.05, 4.69) is 4.74 Å².